The van der Waals surface area contributed by atoms with Crippen LogP contribution in [0.4, 0.5) is 0 Å². The highest BCUT2D eigenvalue weighted by Gasteiger charge is 2.38. The number of nitrogens with zero attached hydrogens (tertiary/aromatic N) is 1. The van der Waals surface area contributed by atoms with Crippen molar-refractivity contribution in [2.45, 2.75) is 70.1 Å². The smallest absolute Gasteiger partial charge is 0.0812 e. The van der Waals surface area contributed by atoms with E-state index in [0.29, 0.717) is 12.1 Å². The van der Waals surface area contributed by atoms with Gasteiger partial charge >= 0.3 is 0 Å². The largest absolute Gasteiger partial charge is 0.388 e. The average Bonchev–Trinajstić information content (AvgIpc) is 2.54. The monoisotopic (exact) mass is 240 g/mol. The van der Waals surface area contributed by atoms with E-state index in [1.165, 1.54) is 12.8 Å². The first kappa shape index (κ1) is 13.3. The lowest BCUT2D eigenvalue weighted by atomic mass is 9.82. The quantitative estimate of drug-likeness (QED) is 0.772. The second-order valence-electron chi connectivity index (χ2n) is 6.09. The van der Waals surface area contributed by atoms with Gasteiger partial charge in [0.05, 0.1) is 5.60 Å². The summed E-state index contributed by atoms with van der Waals surface area (Å²) in [6.07, 6.45) is 6.72. The van der Waals surface area contributed by atoms with Crippen LogP contribution in [-0.4, -0.2) is 47.3 Å². The molecule has 2 atom stereocenters. The highest BCUT2D eigenvalue weighted by molar-refractivity contribution is 4.95. The molecule has 0 aromatic heterocycles. The van der Waals surface area contributed by atoms with E-state index in [1.807, 2.05) is 0 Å². The lowest BCUT2D eigenvalue weighted by Crippen LogP contribution is -2.53. The van der Waals surface area contributed by atoms with E-state index in [9.17, 15) is 5.11 Å². The topological polar surface area (TPSA) is 35.5 Å². The molecule has 3 heteroatoms. The van der Waals surface area contributed by atoms with Crippen molar-refractivity contribution in [3.05, 3.63) is 0 Å². The third-order valence-electron chi connectivity index (χ3n) is 4.58. The molecule has 17 heavy (non-hydrogen) atoms. The van der Waals surface area contributed by atoms with Crippen LogP contribution in [0.5, 0.6) is 0 Å². The van der Waals surface area contributed by atoms with E-state index in [-0.39, 0.29) is 0 Å². The molecule has 2 N–H and O–H groups in total. The molecule has 2 unspecified atom stereocenters. The molecule has 0 bridgehead atoms. The average molecular weight is 240 g/mol. The maximum absolute atomic E-state index is 10.9. The summed E-state index contributed by atoms with van der Waals surface area (Å²) in [5.41, 5.74) is -0.454. The normalized spacial score (nSPS) is 37.1. The van der Waals surface area contributed by atoms with Crippen molar-refractivity contribution in [2.75, 3.05) is 19.6 Å². The number of piperidine rings is 1. The van der Waals surface area contributed by atoms with Crippen LogP contribution < -0.4 is 5.32 Å². The summed E-state index contributed by atoms with van der Waals surface area (Å²) in [5, 5.41) is 14.4. The van der Waals surface area contributed by atoms with Gasteiger partial charge in [0.1, 0.15) is 0 Å². The summed E-state index contributed by atoms with van der Waals surface area (Å²) in [6.45, 7) is 7.78. The van der Waals surface area contributed by atoms with E-state index in [4.69, 9.17) is 0 Å². The Kier molecular flexibility index (Phi) is 4.45. The third kappa shape index (κ3) is 3.21. The Labute approximate surface area is 106 Å². The molecule has 0 aliphatic carbocycles. The van der Waals surface area contributed by atoms with E-state index >= 15 is 0 Å². The summed E-state index contributed by atoms with van der Waals surface area (Å²) in [7, 11) is 0. The first-order valence-corrected chi connectivity index (χ1v) is 7.32. The molecule has 2 rings (SSSR count). The molecule has 0 amide bonds. The van der Waals surface area contributed by atoms with Crippen molar-refractivity contribution < 1.29 is 5.11 Å². The van der Waals surface area contributed by atoms with Gasteiger partial charge in [-0.1, -0.05) is 6.42 Å². The number of rotatable bonds is 2. The number of nitrogens with one attached hydrogen (secondary N) is 1. The minimum Gasteiger partial charge on any atom is -0.388 e. The second-order valence-corrected chi connectivity index (χ2v) is 6.09. The molecular weight excluding hydrogens is 212 g/mol. The first-order chi connectivity index (χ1) is 8.12. The minimum atomic E-state index is -0.454. The van der Waals surface area contributed by atoms with Crippen LogP contribution in [0.1, 0.15) is 52.4 Å². The Morgan fingerprint density at radius 3 is 2.65 bits per heavy atom. The summed E-state index contributed by atoms with van der Waals surface area (Å²) < 4.78 is 0. The van der Waals surface area contributed by atoms with Crippen LogP contribution in [0.15, 0.2) is 0 Å². The van der Waals surface area contributed by atoms with E-state index < -0.39 is 5.60 Å². The fraction of sp³-hybridized carbons (Fsp3) is 1.00. The zero-order chi connectivity index (χ0) is 12.3. The summed E-state index contributed by atoms with van der Waals surface area (Å²) in [5.74, 6) is 0. The Bertz CT molecular complexity index is 238. The van der Waals surface area contributed by atoms with Crippen molar-refractivity contribution in [3.63, 3.8) is 0 Å². The molecule has 0 spiro atoms. The molecule has 100 valence electrons. The van der Waals surface area contributed by atoms with Crippen LogP contribution in [0, 0.1) is 0 Å². The van der Waals surface area contributed by atoms with Gasteiger partial charge < -0.3 is 15.3 Å². The predicted octanol–water partition coefficient (Wildman–Crippen LogP) is 1.75. The van der Waals surface area contributed by atoms with Gasteiger partial charge in [0.2, 0.25) is 0 Å². The maximum atomic E-state index is 10.9. The third-order valence-corrected chi connectivity index (χ3v) is 4.58. The van der Waals surface area contributed by atoms with Gasteiger partial charge in [0.15, 0.2) is 0 Å². The number of hydrogen-bond acceptors (Lipinski definition) is 3. The lowest BCUT2D eigenvalue weighted by Gasteiger charge is -2.38. The highest BCUT2D eigenvalue weighted by atomic mass is 16.3. The Morgan fingerprint density at radius 1 is 1.18 bits per heavy atom. The fourth-order valence-corrected chi connectivity index (χ4v) is 3.34. The molecule has 2 aliphatic heterocycles. The SMILES string of the molecule is CC(C)N1CCCC(O)(C2CCCCN2)CC1. The van der Waals surface area contributed by atoms with Crippen LogP contribution >= 0.6 is 0 Å². The van der Waals surface area contributed by atoms with Crippen molar-refractivity contribution in [3.8, 4) is 0 Å². The van der Waals surface area contributed by atoms with Gasteiger partial charge in [0, 0.05) is 18.6 Å². The fourth-order valence-electron chi connectivity index (χ4n) is 3.34. The highest BCUT2D eigenvalue weighted by Crippen LogP contribution is 2.30. The van der Waals surface area contributed by atoms with Gasteiger partial charge in [-0.25, -0.2) is 0 Å². The van der Waals surface area contributed by atoms with Gasteiger partial charge in [-0.05, 0) is 59.0 Å². The number of aliphatic hydroxyl groups is 1. The van der Waals surface area contributed by atoms with Crippen molar-refractivity contribution >= 4 is 0 Å². The van der Waals surface area contributed by atoms with Crippen LogP contribution in [0.25, 0.3) is 0 Å². The molecule has 2 fully saturated rings. The van der Waals surface area contributed by atoms with Gasteiger partial charge in [-0.15, -0.1) is 0 Å². The molecule has 0 radical (unpaired) electrons. The second kappa shape index (κ2) is 5.68. The van der Waals surface area contributed by atoms with Crippen molar-refractivity contribution in [1.82, 2.24) is 10.2 Å². The van der Waals surface area contributed by atoms with Gasteiger partial charge in [-0.2, -0.15) is 0 Å². The summed E-state index contributed by atoms with van der Waals surface area (Å²) in [6, 6.07) is 0.944. The Morgan fingerprint density at radius 2 is 2.00 bits per heavy atom. The lowest BCUT2D eigenvalue weighted by molar-refractivity contribution is -0.0201. The van der Waals surface area contributed by atoms with E-state index in [1.54, 1.807) is 0 Å². The first-order valence-electron chi connectivity index (χ1n) is 7.32. The molecular formula is C14H28N2O. The summed E-state index contributed by atoms with van der Waals surface area (Å²) in [4.78, 5) is 2.50. The number of hydrogen-bond donors (Lipinski definition) is 2. The zero-order valence-corrected chi connectivity index (χ0v) is 11.4. The maximum Gasteiger partial charge on any atom is 0.0812 e. The van der Waals surface area contributed by atoms with E-state index in [2.05, 4.69) is 24.1 Å². The number of likely N-dealkylation sites (tertiary alicyclic amines) is 1. The standard InChI is InChI=1S/C14H28N2O/c1-12(2)16-10-5-7-14(17,8-11-16)13-6-3-4-9-15-13/h12-13,15,17H,3-11H2,1-2H3. The summed E-state index contributed by atoms with van der Waals surface area (Å²) >= 11 is 0. The molecule has 0 aromatic rings. The Hall–Kier alpha value is -0.120. The Balaban J connectivity index is 1.95. The molecule has 2 saturated heterocycles. The van der Waals surface area contributed by atoms with Crippen LogP contribution in [0.3, 0.4) is 0 Å². The van der Waals surface area contributed by atoms with Gasteiger partial charge in [0.25, 0.3) is 0 Å². The molecule has 3 nitrogen and oxygen atoms in total. The van der Waals surface area contributed by atoms with Crippen molar-refractivity contribution in [1.29, 1.82) is 0 Å². The predicted molar refractivity (Wildman–Crippen MR) is 71.2 cm³/mol. The zero-order valence-electron chi connectivity index (χ0n) is 11.4. The van der Waals surface area contributed by atoms with Gasteiger partial charge in [-0.3, -0.25) is 0 Å². The van der Waals surface area contributed by atoms with Crippen molar-refractivity contribution in [2.24, 2.45) is 0 Å². The molecule has 2 aliphatic rings. The minimum absolute atomic E-state index is 0.336. The van der Waals surface area contributed by atoms with E-state index in [0.717, 1.165) is 45.3 Å². The van der Waals surface area contributed by atoms with Crippen LogP contribution in [-0.2, 0) is 0 Å². The molecule has 0 saturated carbocycles. The molecule has 0 aromatic carbocycles. The van der Waals surface area contributed by atoms with Crippen LogP contribution in [0.2, 0.25) is 0 Å². The molecule has 2 heterocycles.